The van der Waals surface area contributed by atoms with E-state index in [0.29, 0.717) is 4.90 Å². The third-order valence-electron chi connectivity index (χ3n) is 2.79. The van der Waals surface area contributed by atoms with Crippen molar-refractivity contribution >= 4 is 30.5 Å². The topological polar surface area (TPSA) is 101 Å². The fourth-order valence-corrected chi connectivity index (χ4v) is 2.03. The molecule has 0 aliphatic heterocycles. The van der Waals surface area contributed by atoms with E-state index >= 15 is 0 Å². The third-order valence-corrected chi connectivity index (χ3v) is 3.18. The molecule has 2 aromatic rings. The first-order chi connectivity index (χ1) is 10.4. The minimum Gasteiger partial charge on any atom is -0.478 e. The molecule has 2 rings (SSSR count). The Bertz CT molecular complexity index is 736. The lowest BCUT2D eigenvalue weighted by Gasteiger charge is -2.11. The minimum absolute atomic E-state index is 0.0994. The van der Waals surface area contributed by atoms with Crippen LogP contribution in [0.25, 0.3) is 0 Å². The number of para-hydroxylation sites is 1. The predicted molar refractivity (Wildman–Crippen MR) is 79.0 cm³/mol. The number of carboxylic acids is 2. The summed E-state index contributed by atoms with van der Waals surface area (Å²) in [5.41, 5.74) is -0.725. The van der Waals surface area contributed by atoms with Crippen molar-refractivity contribution in [2.24, 2.45) is 0 Å². The number of esters is 1. The van der Waals surface area contributed by atoms with E-state index in [9.17, 15) is 14.4 Å². The maximum Gasteiger partial charge on any atom is 0.344 e. The van der Waals surface area contributed by atoms with E-state index in [2.05, 4.69) is 12.6 Å². The molecule has 0 atom stereocenters. The van der Waals surface area contributed by atoms with E-state index in [1.165, 1.54) is 12.1 Å². The Morgan fingerprint density at radius 2 is 1.32 bits per heavy atom. The number of hydrogen-bond acceptors (Lipinski definition) is 5. The normalized spacial score (nSPS) is 10.0. The minimum atomic E-state index is -1.40. The van der Waals surface area contributed by atoms with E-state index in [4.69, 9.17) is 14.9 Å². The molecule has 22 heavy (non-hydrogen) atoms. The van der Waals surface area contributed by atoms with Gasteiger partial charge in [0.25, 0.3) is 0 Å². The smallest absolute Gasteiger partial charge is 0.344 e. The van der Waals surface area contributed by atoms with Gasteiger partial charge in [0.05, 0.1) is 5.56 Å². The van der Waals surface area contributed by atoms with Gasteiger partial charge in [-0.15, -0.1) is 12.6 Å². The first-order valence-corrected chi connectivity index (χ1v) is 6.46. The SMILES string of the molecule is O=C(Oc1c(C(=O)O)cccc1C(=O)O)c1ccccc1S. The lowest BCUT2D eigenvalue weighted by atomic mass is 10.1. The first-order valence-electron chi connectivity index (χ1n) is 6.01. The molecular weight excluding hydrogens is 308 g/mol. The van der Waals surface area contributed by atoms with Crippen molar-refractivity contribution in [3.05, 3.63) is 59.2 Å². The van der Waals surface area contributed by atoms with Gasteiger partial charge in [-0.05, 0) is 24.3 Å². The number of ether oxygens (including phenoxy) is 1. The van der Waals surface area contributed by atoms with Gasteiger partial charge in [-0.3, -0.25) is 0 Å². The fraction of sp³-hybridized carbons (Fsp3) is 0. The molecule has 2 aromatic carbocycles. The highest BCUT2D eigenvalue weighted by Gasteiger charge is 2.23. The number of rotatable bonds is 4. The highest BCUT2D eigenvalue weighted by atomic mass is 32.1. The highest BCUT2D eigenvalue weighted by molar-refractivity contribution is 7.80. The summed E-state index contributed by atoms with van der Waals surface area (Å²) in [7, 11) is 0. The van der Waals surface area contributed by atoms with Crippen molar-refractivity contribution in [2.75, 3.05) is 0 Å². The zero-order chi connectivity index (χ0) is 16.3. The first kappa shape index (κ1) is 15.6. The molecular formula is C15H10O6S. The zero-order valence-corrected chi connectivity index (χ0v) is 11.9. The lowest BCUT2D eigenvalue weighted by molar-refractivity contribution is 0.0670. The number of benzene rings is 2. The van der Waals surface area contributed by atoms with Crippen molar-refractivity contribution in [1.29, 1.82) is 0 Å². The summed E-state index contributed by atoms with van der Waals surface area (Å²) in [6, 6.07) is 9.81. The average molecular weight is 318 g/mol. The molecule has 7 heteroatoms. The molecule has 0 saturated heterocycles. The molecule has 0 aliphatic carbocycles. The van der Waals surface area contributed by atoms with Gasteiger partial charge in [-0.2, -0.15) is 0 Å². The Hall–Kier alpha value is -2.80. The van der Waals surface area contributed by atoms with Gasteiger partial charge in [0.15, 0.2) is 5.75 Å². The van der Waals surface area contributed by atoms with E-state index in [-0.39, 0.29) is 5.56 Å². The number of carbonyl (C=O) groups excluding carboxylic acids is 1. The van der Waals surface area contributed by atoms with E-state index in [1.54, 1.807) is 18.2 Å². The summed E-state index contributed by atoms with van der Waals surface area (Å²) >= 11 is 4.10. The number of carbonyl (C=O) groups is 3. The summed E-state index contributed by atoms with van der Waals surface area (Å²) in [6.45, 7) is 0. The van der Waals surface area contributed by atoms with Crippen molar-refractivity contribution < 1.29 is 29.3 Å². The molecule has 0 heterocycles. The molecule has 0 amide bonds. The summed E-state index contributed by atoms with van der Waals surface area (Å²) in [4.78, 5) is 34.8. The van der Waals surface area contributed by atoms with Crippen LogP contribution in [0.3, 0.4) is 0 Å². The second kappa shape index (κ2) is 6.31. The molecule has 0 radical (unpaired) electrons. The monoisotopic (exact) mass is 318 g/mol. The van der Waals surface area contributed by atoms with Gasteiger partial charge < -0.3 is 14.9 Å². The molecule has 0 spiro atoms. The van der Waals surface area contributed by atoms with Crippen molar-refractivity contribution in [2.45, 2.75) is 4.90 Å². The molecule has 0 aromatic heterocycles. The Morgan fingerprint density at radius 3 is 1.82 bits per heavy atom. The van der Waals surface area contributed by atoms with E-state index in [0.717, 1.165) is 12.1 Å². The van der Waals surface area contributed by atoms with E-state index in [1.807, 2.05) is 0 Å². The molecule has 0 unspecified atom stereocenters. The number of hydrogen-bond donors (Lipinski definition) is 3. The molecule has 2 N–H and O–H groups in total. The van der Waals surface area contributed by atoms with Gasteiger partial charge in [0.2, 0.25) is 0 Å². The average Bonchev–Trinajstić information content (AvgIpc) is 2.47. The maximum absolute atomic E-state index is 12.1. The number of thiol groups is 1. The second-order valence-electron chi connectivity index (χ2n) is 4.20. The van der Waals surface area contributed by atoms with Crippen LogP contribution in [0, 0.1) is 0 Å². The summed E-state index contributed by atoms with van der Waals surface area (Å²) < 4.78 is 5.02. The molecule has 0 fully saturated rings. The van der Waals surface area contributed by atoms with E-state index < -0.39 is 34.8 Å². The quantitative estimate of drug-likeness (QED) is 0.455. The number of carboxylic acid groups (broad SMARTS) is 2. The Morgan fingerprint density at radius 1 is 0.818 bits per heavy atom. The Kier molecular flexibility index (Phi) is 4.47. The van der Waals surface area contributed by atoms with Gasteiger partial charge in [0, 0.05) is 4.90 Å². The molecule has 0 bridgehead atoms. The fourth-order valence-electron chi connectivity index (χ4n) is 1.78. The van der Waals surface area contributed by atoms with Crippen LogP contribution in [-0.2, 0) is 0 Å². The lowest BCUT2D eigenvalue weighted by Crippen LogP contribution is -2.15. The highest BCUT2D eigenvalue weighted by Crippen LogP contribution is 2.26. The summed E-state index contributed by atoms with van der Waals surface area (Å²) in [5, 5.41) is 18.2. The zero-order valence-electron chi connectivity index (χ0n) is 11.0. The molecule has 6 nitrogen and oxygen atoms in total. The van der Waals surface area contributed by atoms with Gasteiger partial charge in [-0.1, -0.05) is 18.2 Å². The van der Waals surface area contributed by atoms with Crippen LogP contribution >= 0.6 is 12.6 Å². The van der Waals surface area contributed by atoms with Crippen LogP contribution in [0.5, 0.6) is 5.75 Å². The van der Waals surface area contributed by atoms with Crippen molar-refractivity contribution in [3.8, 4) is 5.75 Å². The standard InChI is InChI=1S/C15H10O6S/c16-13(17)9-5-3-6-10(14(18)19)12(9)21-15(20)8-4-1-2-7-11(8)22/h1-7,22H,(H,16,17)(H,18,19). The van der Waals surface area contributed by atoms with Gasteiger partial charge in [0.1, 0.15) is 11.1 Å². The van der Waals surface area contributed by atoms with Gasteiger partial charge in [-0.25, -0.2) is 14.4 Å². The molecule has 0 saturated carbocycles. The van der Waals surface area contributed by atoms with Crippen LogP contribution < -0.4 is 4.74 Å². The van der Waals surface area contributed by atoms with Gasteiger partial charge >= 0.3 is 17.9 Å². The van der Waals surface area contributed by atoms with Crippen LogP contribution in [0.15, 0.2) is 47.4 Å². The maximum atomic E-state index is 12.1. The predicted octanol–water partition coefficient (Wildman–Crippen LogP) is 2.59. The number of aromatic carboxylic acids is 2. The van der Waals surface area contributed by atoms with Crippen LogP contribution in [0.1, 0.15) is 31.1 Å². The largest absolute Gasteiger partial charge is 0.478 e. The Balaban J connectivity index is 2.48. The second-order valence-corrected chi connectivity index (χ2v) is 4.68. The van der Waals surface area contributed by atoms with Crippen molar-refractivity contribution in [1.82, 2.24) is 0 Å². The third kappa shape index (κ3) is 3.09. The van der Waals surface area contributed by atoms with Crippen LogP contribution in [-0.4, -0.2) is 28.1 Å². The molecule has 112 valence electrons. The summed E-state index contributed by atoms with van der Waals surface area (Å²) in [5.74, 6) is -4.19. The van der Waals surface area contributed by atoms with Crippen molar-refractivity contribution in [3.63, 3.8) is 0 Å². The molecule has 0 aliphatic rings. The van der Waals surface area contributed by atoms with Crippen LogP contribution in [0.2, 0.25) is 0 Å². The summed E-state index contributed by atoms with van der Waals surface area (Å²) in [6.07, 6.45) is 0. The Labute approximate surface area is 130 Å². The van der Waals surface area contributed by atoms with Crippen LogP contribution in [0.4, 0.5) is 0 Å².